The highest BCUT2D eigenvalue weighted by molar-refractivity contribution is 6.42. The maximum atomic E-state index is 11.8. The molecule has 0 aliphatic rings. The number of aliphatic hydroxyl groups excluding tert-OH is 1. The van der Waals surface area contributed by atoms with E-state index >= 15 is 0 Å². The van der Waals surface area contributed by atoms with Gasteiger partial charge in [0.2, 0.25) is 0 Å². The van der Waals surface area contributed by atoms with Gasteiger partial charge in [-0.05, 0) is 24.1 Å². The lowest BCUT2D eigenvalue weighted by Gasteiger charge is -2.20. The number of rotatable bonds is 6. The number of carbonyl (C=O) groups excluding carboxylic acids is 2. The van der Waals surface area contributed by atoms with E-state index in [1.165, 1.54) is 12.1 Å². The standard InChI is InChI=1S/C15H20Cl2N2O3/c1-3-9(4-2)13(20)8-18-14(21)15(22)19-12-6-5-10(16)7-11(12)17/h5-7,9,13,20H,3-4,8H2,1-2H3,(H,18,21)(H,19,22). The van der Waals surface area contributed by atoms with Crippen molar-refractivity contribution in [1.29, 1.82) is 0 Å². The summed E-state index contributed by atoms with van der Waals surface area (Å²) in [7, 11) is 0. The summed E-state index contributed by atoms with van der Waals surface area (Å²) in [6.45, 7) is 3.97. The van der Waals surface area contributed by atoms with E-state index in [2.05, 4.69) is 10.6 Å². The van der Waals surface area contributed by atoms with Gasteiger partial charge in [-0.25, -0.2) is 0 Å². The monoisotopic (exact) mass is 346 g/mol. The Bertz CT molecular complexity index is 534. The average molecular weight is 347 g/mol. The van der Waals surface area contributed by atoms with Gasteiger partial charge in [-0.2, -0.15) is 0 Å². The van der Waals surface area contributed by atoms with E-state index in [4.69, 9.17) is 23.2 Å². The van der Waals surface area contributed by atoms with Gasteiger partial charge in [-0.3, -0.25) is 9.59 Å². The zero-order valence-corrected chi connectivity index (χ0v) is 14.0. The van der Waals surface area contributed by atoms with Crippen molar-refractivity contribution < 1.29 is 14.7 Å². The van der Waals surface area contributed by atoms with Crippen molar-refractivity contribution in [2.45, 2.75) is 32.8 Å². The van der Waals surface area contributed by atoms with Gasteiger partial charge in [-0.1, -0.05) is 49.9 Å². The molecule has 0 fully saturated rings. The number of hydrogen-bond donors (Lipinski definition) is 3. The fraction of sp³-hybridized carbons (Fsp3) is 0.467. The van der Waals surface area contributed by atoms with Crippen molar-refractivity contribution in [2.24, 2.45) is 5.92 Å². The summed E-state index contributed by atoms with van der Waals surface area (Å²) >= 11 is 11.7. The van der Waals surface area contributed by atoms with Crippen LogP contribution in [0.5, 0.6) is 0 Å². The van der Waals surface area contributed by atoms with Crippen LogP contribution in [0, 0.1) is 5.92 Å². The molecule has 3 N–H and O–H groups in total. The molecule has 0 saturated heterocycles. The molecular formula is C15H20Cl2N2O3. The second kappa shape index (κ2) is 8.98. The summed E-state index contributed by atoms with van der Waals surface area (Å²) in [6, 6.07) is 4.53. The van der Waals surface area contributed by atoms with Crippen LogP contribution < -0.4 is 10.6 Å². The Balaban J connectivity index is 2.53. The van der Waals surface area contributed by atoms with Gasteiger partial charge in [0.05, 0.1) is 16.8 Å². The Kier molecular flexibility index (Phi) is 7.65. The Morgan fingerprint density at radius 3 is 2.36 bits per heavy atom. The lowest BCUT2D eigenvalue weighted by atomic mass is 9.96. The van der Waals surface area contributed by atoms with Crippen LogP contribution in [0.25, 0.3) is 0 Å². The summed E-state index contributed by atoms with van der Waals surface area (Å²) in [5, 5.41) is 15.4. The highest BCUT2D eigenvalue weighted by atomic mass is 35.5. The SMILES string of the molecule is CCC(CC)C(O)CNC(=O)C(=O)Nc1ccc(Cl)cc1Cl. The van der Waals surface area contributed by atoms with E-state index in [1.54, 1.807) is 6.07 Å². The molecule has 2 amide bonds. The molecule has 5 nitrogen and oxygen atoms in total. The van der Waals surface area contributed by atoms with Crippen molar-refractivity contribution >= 4 is 40.7 Å². The minimum atomic E-state index is -0.846. The predicted octanol–water partition coefficient (Wildman–Crippen LogP) is 2.85. The molecule has 0 aliphatic carbocycles. The first-order valence-corrected chi connectivity index (χ1v) is 7.86. The number of amides is 2. The molecular weight excluding hydrogens is 327 g/mol. The summed E-state index contributed by atoms with van der Waals surface area (Å²) in [6.07, 6.45) is 0.936. The number of halogens is 2. The normalized spacial score (nSPS) is 12.1. The molecule has 22 heavy (non-hydrogen) atoms. The Hall–Kier alpha value is -1.30. The molecule has 122 valence electrons. The van der Waals surface area contributed by atoms with Crippen LogP contribution in [-0.4, -0.2) is 29.6 Å². The van der Waals surface area contributed by atoms with Crippen LogP contribution in [0.15, 0.2) is 18.2 Å². The molecule has 0 aromatic heterocycles. The third-order valence-electron chi connectivity index (χ3n) is 3.45. The number of nitrogens with one attached hydrogen (secondary N) is 2. The van der Waals surface area contributed by atoms with Gasteiger partial charge in [0.1, 0.15) is 0 Å². The van der Waals surface area contributed by atoms with E-state index in [1.807, 2.05) is 13.8 Å². The minimum Gasteiger partial charge on any atom is -0.391 e. The first-order valence-electron chi connectivity index (χ1n) is 7.11. The Morgan fingerprint density at radius 2 is 1.82 bits per heavy atom. The molecule has 1 atom stereocenters. The summed E-state index contributed by atoms with van der Waals surface area (Å²) in [5.74, 6) is -1.58. The first kappa shape index (κ1) is 18.7. The lowest BCUT2D eigenvalue weighted by molar-refractivity contribution is -0.136. The van der Waals surface area contributed by atoms with Crippen LogP contribution in [-0.2, 0) is 9.59 Å². The molecule has 7 heteroatoms. The lowest BCUT2D eigenvalue weighted by Crippen LogP contribution is -2.41. The largest absolute Gasteiger partial charge is 0.391 e. The van der Waals surface area contributed by atoms with Gasteiger partial charge < -0.3 is 15.7 Å². The molecule has 0 spiro atoms. The maximum absolute atomic E-state index is 11.8. The van der Waals surface area contributed by atoms with Crippen LogP contribution in [0.3, 0.4) is 0 Å². The van der Waals surface area contributed by atoms with E-state index in [9.17, 15) is 14.7 Å². The summed E-state index contributed by atoms with van der Waals surface area (Å²) in [5.41, 5.74) is 0.298. The second-order valence-corrected chi connectivity index (χ2v) is 5.78. The molecule has 1 aromatic carbocycles. The first-order chi connectivity index (χ1) is 10.4. The number of hydrogen-bond acceptors (Lipinski definition) is 3. The second-order valence-electron chi connectivity index (χ2n) is 4.93. The average Bonchev–Trinajstić information content (AvgIpc) is 2.48. The summed E-state index contributed by atoms with van der Waals surface area (Å²) in [4.78, 5) is 23.5. The van der Waals surface area contributed by atoms with Crippen molar-refractivity contribution in [3.8, 4) is 0 Å². The van der Waals surface area contributed by atoms with Crippen molar-refractivity contribution in [1.82, 2.24) is 5.32 Å². The maximum Gasteiger partial charge on any atom is 0.313 e. The number of aliphatic hydroxyl groups is 1. The van der Waals surface area contributed by atoms with Crippen molar-refractivity contribution in [3.63, 3.8) is 0 Å². The number of anilines is 1. The smallest absolute Gasteiger partial charge is 0.313 e. The van der Waals surface area contributed by atoms with Crippen LogP contribution in [0.4, 0.5) is 5.69 Å². The van der Waals surface area contributed by atoms with Crippen molar-refractivity contribution in [2.75, 3.05) is 11.9 Å². The van der Waals surface area contributed by atoms with Crippen molar-refractivity contribution in [3.05, 3.63) is 28.2 Å². The van der Waals surface area contributed by atoms with Gasteiger partial charge in [0.25, 0.3) is 0 Å². The van der Waals surface area contributed by atoms with E-state index in [-0.39, 0.29) is 17.5 Å². The number of benzene rings is 1. The zero-order valence-electron chi connectivity index (χ0n) is 12.5. The fourth-order valence-electron chi connectivity index (χ4n) is 2.05. The topological polar surface area (TPSA) is 78.4 Å². The van der Waals surface area contributed by atoms with E-state index in [0.29, 0.717) is 10.7 Å². The number of carbonyl (C=O) groups is 2. The molecule has 0 radical (unpaired) electrons. The van der Waals surface area contributed by atoms with Gasteiger partial charge in [-0.15, -0.1) is 0 Å². The van der Waals surface area contributed by atoms with Crippen LogP contribution in [0.2, 0.25) is 10.0 Å². The molecule has 0 bridgehead atoms. The van der Waals surface area contributed by atoms with Gasteiger partial charge >= 0.3 is 11.8 Å². The van der Waals surface area contributed by atoms with Crippen LogP contribution in [0.1, 0.15) is 26.7 Å². The molecule has 1 aromatic rings. The van der Waals surface area contributed by atoms with Gasteiger partial charge in [0.15, 0.2) is 0 Å². The Morgan fingerprint density at radius 1 is 1.18 bits per heavy atom. The fourth-order valence-corrected chi connectivity index (χ4v) is 2.50. The van der Waals surface area contributed by atoms with Gasteiger partial charge in [0, 0.05) is 11.6 Å². The highest BCUT2D eigenvalue weighted by Crippen LogP contribution is 2.25. The predicted molar refractivity (Wildman–Crippen MR) is 88.2 cm³/mol. The van der Waals surface area contributed by atoms with Crippen LogP contribution >= 0.6 is 23.2 Å². The molecule has 0 aliphatic heterocycles. The third-order valence-corrected chi connectivity index (χ3v) is 4.00. The molecule has 0 heterocycles. The minimum absolute atomic E-state index is 0.0347. The zero-order chi connectivity index (χ0) is 16.7. The third kappa shape index (κ3) is 5.48. The quantitative estimate of drug-likeness (QED) is 0.693. The summed E-state index contributed by atoms with van der Waals surface area (Å²) < 4.78 is 0. The molecule has 1 unspecified atom stereocenters. The highest BCUT2D eigenvalue weighted by Gasteiger charge is 2.19. The molecule has 0 saturated carbocycles. The molecule has 1 rings (SSSR count). The van der Waals surface area contributed by atoms with E-state index in [0.717, 1.165) is 12.8 Å². The Labute approximate surface area is 140 Å². The van der Waals surface area contributed by atoms with E-state index < -0.39 is 17.9 Å².